The molecule has 0 aliphatic rings. The maximum Gasteiger partial charge on any atom is 0.584 e. The van der Waals surface area contributed by atoms with Crippen molar-refractivity contribution < 1.29 is 28.4 Å². The third-order valence-electron chi connectivity index (χ3n) is 4.46. The highest BCUT2D eigenvalue weighted by Crippen LogP contribution is 2.45. The quantitative estimate of drug-likeness (QED) is 0.468. The molecule has 0 aliphatic carbocycles. The minimum absolute atomic E-state index is 0.0282. The molecule has 0 saturated heterocycles. The molecule has 6 nitrogen and oxygen atoms in total. The molecule has 3 aromatic rings. The molecule has 30 heavy (non-hydrogen) atoms. The highest BCUT2D eigenvalue weighted by molar-refractivity contribution is 7.48. The van der Waals surface area contributed by atoms with Crippen molar-refractivity contribution in [2.75, 3.05) is 0 Å². The number of aryl methyl sites for hydroxylation is 2. The molecule has 0 aromatic heterocycles. The summed E-state index contributed by atoms with van der Waals surface area (Å²) in [5.41, 5.74) is 4.41. The number of carboxylic acids is 1. The Labute approximate surface area is 175 Å². The summed E-state index contributed by atoms with van der Waals surface area (Å²) in [6, 6.07) is 19.2. The molecule has 3 rings (SSSR count). The lowest BCUT2D eigenvalue weighted by Crippen LogP contribution is -2.00. The number of carboxylic acid groups (broad SMARTS) is 1. The number of aliphatic carboxylic acids is 1. The predicted molar refractivity (Wildman–Crippen MR) is 115 cm³/mol. The first-order valence-electron chi connectivity index (χ1n) is 9.48. The molecule has 0 spiro atoms. The predicted octanol–water partition coefficient (Wildman–Crippen LogP) is 5.41. The van der Waals surface area contributed by atoms with Crippen molar-refractivity contribution in [1.82, 2.24) is 0 Å². The average molecular weight is 426 g/mol. The van der Waals surface area contributed by atoms with E-state index in [9.17, 15) is 14.3 Å². The molecule has 0 bridgehead atoms. The van der Waals surface area contributed by atoms with E-state index in [-0.39, 0.29) is 17.9 Å². The molecule has 156 valence electrons. The van der Waals surface area contributed by atoms with Crippen LogP contribution in [-0.2, 0) is 22.2 Å². The van der Waals surface area contributed by atoms with Gasteiger partial charge in [0.05, 0.1) is 6.42 Å². The van der Waals surface area contributed by atoms with E-state index in [1.165, 1.54) is 0 Å². The highest BCUT2D eigenvalue weighted by Gasteiger charge is 2.25. The Morgan fingerprint density at radius 2 is 1.43 bits per heavy atom. The zero-order valence-electron chi connectivity index (χ0n) is 16.7. The van der Waals surface area contributed by atoms with Crippen LogP contribution in [0.3, 0.4) is 0 Å². The molecule has 1 atom stereocenters. The second-order valence-corrected chi connectivity index (χ2v) is 8.25. The van der Waals surface area contributed by atoms with Gasteiger partial charge in [-0.2, -0.15) is 0 Å². The first-order chi connectivity index (χ1) is 14.2. The monoisotopic (exact) mass is 426 g/mol. The van der Waals surface area contributed by atoms with Crippen LogP contribution in [0.25, 0.3) is 11.1 Å². The van der Waals surface area contributed by atoms with E-state index in [0.29, 0.717) is 5.56 Å². The van der Waals surface area contributed by atoms with Gasteiger partial charge in [0.25, 0.3) is 0 Å². The first kappa shape index (κ1) is 21.6. The molecular weight excluding hydrogens is 403 g/mol. The van der Waals surface area contributed by atoms with Gasteiger partial charge in [0.1, 0.15) is 11.5 Å². The van der Waals surface area contributed by atoms with Crippen molar-refractivity contribution in [3.05, 3.63) is 83.4 Å². The van der Waals surface area contributed by atoms with E-state index in [1.54, 1.807) is 48.5 Å². The van der Waals surface area contributed by atoms with Crippen LogP contribution in [0, 0.1) is 6.92 Å². The number of phosphoric acid groups is 1. The van der Waals surface area contributed by atoms with Gasteiger partial charge in [-0.15, -0.1) is 0 Å². The third kappa shape index (κ3) is 5.96. The summed E-state index contributed by atoms with van der Waals surface area (Å²) >= 11 is 0. The van der Waals surface area contributed by atoms with Crippen LogP contribution in [-0.4, -0.2) is 16.0 Å². The third-order valence-corrected chi connectivity index (χ3v) is 5.34. The van der Waals surface area contributed by atoms with Crippen molar-refractivity contribution in [2.24, 2.45) is 0 Å². The van der Waals surface area contributed by atoms with Crippen LogP contribution in [0.15, 0.2) is 66.7 Å². The van der Waals surface area contributed by atoms with E-state index >= 15 is 0 Å². The highest BCUT2D eigenvalue weighted by atomic mass is 31.2. The molecule has 0 fully saturated rings. The fraction of sp³-hybridized carbons (Fsp3) is 0.174. The van der Waals surface area contributed by atoms with E-state index in [4.69, 9.17) is 14.2 Å². The van der Waals surface area contributed by atoms with Gasteiger partial charge >= 0.3 is 13.8 Å². The average Bonchev–Trinajstić information content (AvgIpc) is 2.67. The Bertz CT molecular complexity index is 1070. The SMILES string of the molecule is CCc1cc(C)cc(OP(=O)(O)Oc2ccc(-c3ccc(CC(=O)O)cc3)cc2)c1. The standard InChI is InChI=1S/C23H23O6P/c1-3-17-12-16(2)13-22(14-17)29-30(26,27)28-21-10-8-20(9-11-21)19-6-4-18(5-7-19)15-23(24)25/h4-14H,3,15H2,1-2H3,(H,24,25)(H,26,27). The molecule has 0 aliphatic heterocycles. The minimum atomic E-state index is -4.35. The number of hydrogen-bond acceptors (Lipinski definition) is 4. The maximum atomic E-state index is 12.4. The zero-order valence-corrected chi connectivity index (χ0v) is 17.6. The summed E-state index contributed by atoms with van der Waals surface area (Å²) in [5, 5.41) is 8.84. The Hall–Kier alpha value is -3.08. The second-order valence-electron chi connectivity index (χ2n) is 6.95. The first-order valence-corrected chi connectivity index (χ1v) is 11.0. The van der Waals surface area contributed by atoms with Gasteiger partial charge in [-0.25, -0.2) is 4.57 Å². The number of rotatable bonds is 8. The van der Waals surface area contributed by atoms with E-state index in [1.807, 2.05) is 32.0 Å². The fourth-order valence-corrected chi connectivity index (χ4v) is 3.86. The lowest BCUT2D eigenvalue weighted by atomic mass is 10.0. The smallest absolute Gasteiger partial charge is 0.481 e. The van der Waals surface area contributed by atoms with E-state index in [0.717, 1.165) is 28.7 Å². The van der Waals surface area contributed by atoms with Crippen LogP contribution >= 0.6 is 7.82 Å². The molecule has 3 aromatic carbocycles. The molecule has 0 amide bonds. The maximum absolute atomic E-state index is 12.4. The van der Waals surface area contributed by atoms with Crippen molar-refractivity contribution in [3.63, 3.8) is 0 Å². The molecule has 1 unspecified atom stereocenters. The van der Waals surface area contributed by atoms with Crippen molar-refractivity contribution >= 4 is 13.8 Å². The summed E-state index contributed by atoms with van der Waals surface area (Å²) in [4.78, 5) is 20.9. The second kappa shape index (κ2) is 9.16. The largest absolute Gasteiger partial charge is 0.584 e. The van der Waals surface area contributed by atoms with E-state index in [2.05, 4.69) is 0 Å². The summed E-state index contributed by atoms with van der Waals surface area (Å²) in [7, 11) is -4.35. The van der Waals surface area contributed by atoms with Crippen molar-refractivity contribution in [2.45, 2.75) is 26.7 Å². The number of phosphoric ester groups is 1. The van der Waals surface area contributed by atoms with Gasteiger partial charge in [-0.1, -0.05) is 49.4 Å². The lowest BCUT2D eigenvalue weighted by Gasteiger charge is -2.15. The van der Waals surface area contributed by atoms with Gasteiger partial charge < -0.3 is 14.2 Å². The van der Waals surface area contributed by atoms with Gasteiger partial charge in [0, 0.05) is 0 Å². The Morgan fingerprint density at radius 3 is 2.00 bits per heavy atom. The van der Waals surface area contributed by atoms with Gasteiger partial charge in [0.15, 0.2) is 0 Å². The van der Waals surface area contributed by atoms with Crippen LogP contribution in [0.5, 0.6) is 11.5 Å². The minimum Gasteiger partial charge on any atom is -0.481 e. The van der Waals surface area contributed by atoms with Crippen LogP contribution < -0.4 is 9.05 Å². The van der Waals surface area contributed by atoms with Crippen LogP contribution in [0.4, 0.5) is 0 Å². The van der Waals surface area contributed by atoms with Crippen LogP contribution in [0.2, 0.25) is 0 Å². The molecule has 2 N–H and O–H groups in total. The topological polar surface area (TPSA) is 93.1 Å². The normalized spacial score (nSPS) is 12.8. The molecule has 7 heteroatoms. The van der Waals surface area contributed by atoms with Gasteiger partial charge in [-0.05, 0) is 65.4 Å². The van der Waals surface area contributed by atoms with Crippen molar-refractivity contribution in [3.8, 4) is 22.6 Å². The fourth-order valence-electron chi connectivity index (χ4n) is 3.06. The number of hydrogen-bond donors (Lipinski definition) is 2. The van der Waals surface area contributed by atoms with Crippen LogP contribution in [0.1, 0.15) is 23.6 Å². The summed E-state index contributed by atoms with van der Waals surface area (Å²) in [6.07, 6.45) is 0.757. The Morgan fingerprint density at radius 1 is 0.867 bits per heavy atom. The molecular formula is C23H23O6P. The number of carbonyl (C=O) groups is 1. The van der Waals surface area contributed by atoms with Gasteiger partial charge in [0.2, 0.25) is 0 Å². The Balaban J connectivity index is 1.69. The summed E-state index contributed by atoms with van der Waals surface area (Å²) in [5.74, 6) is -0.386. The lowest BCUT2D eigenvalue weighted by molar-refractivity contribution is -0.136. The number of benzene rings is 3. The molecule has 0 heterocycles. The van der Waals surface area contributed by atoms with E-state index < -0.39 is 13.8 Å². The summed E-state index contributed by atoms with van der Waals surface area (Å²) < 4.78 is 22.8. The van der Waals surface area contributed by atoms with Crippen molar-refractivity contribution in [1.29, 1.82) is 0 Å². The Kier molecular flexibility index (Phi) is 6.60. The molecule has 0 saturated carbocycles. The van der Waals surface area contributed by atoms with Gasteiger partial charge in [-0.3, -0.25) is 9.69 Å². The summed E-state index contributed by atoms with van der Waals surface area (Å²) in [6.45, 7) is 3.89. The molecule has 0 radical (unpaired) electrons. The zero-order chi connectivity index (χ0) is 21.7.